The van der Waals surface area contributed by atoms with E-state index in [1.54, 1.807) is 11.9 Å². The zero-order valence-corrected chi connectivity index (χ0v) is 10.9. The first-order chi connectivity index (χ1) is 8.19. The third kappa shape index (κ3) is 2.11. The van der Waals surface area contributed by atoms with Crippen molar-refractivity contribution in [1.82, 2.24) is 4.90 Å². The van der Waals surface area contributed by atoms with Gasteiger partial charge in [-0.15, -0.1) is 11.3 Å². The van der Waals surface area contributed by atoms with Crippen molar-refractivity contribution >= 4 is 17.2 Å². The van der Waals surface area contributed by atoms with Crippen LogP contribution in [0.3, 0.4) is 0 Å². The van der Waals surface area contributed by atoms with Gasteiger partial charge in [-0.2, -0.15) is 4.91 Å². The molecule has 1 amide bonds. The smallest absolute Gasteiger partial charge is 0.254 e. The molecule has 0 radical (unpaired) electrons. The molecule has 1 aliphatic carbocycles. The molecule has 0 fully saturated rings. The van der Waals surface area contributed by atoms with Gasteiger partial charge in [0.05, 0.1) is 5.56 Å². The summed E-state index contributed by atoms with van der Waals surface area (Å²) >= 11 is 1.50. The van der Waals surface area contributed by atoms with Gasteiger partial charge in [0.25, 0.3) is 5.91 Å². The molecule has 4 nitrogen and oxygen atoms in total. The summed E-state index contributed by atoms with van der Waals surface area (Å²) in [5, 5.41) is 5.04. The van der Waals surface area contributed by atoms with Gasteiger partial charge < -0.3 is 4.90 Å². The van der Waals surface area contributed by atoms with Gasteiger partial charge in [0, 0.05) is 23.8 Å². The van der Waals surface area contributed by atoms with E-state index in [9.17, 15) is 9.70 Å². The molecule has 0 saturated heterocycles. The van der Waals surface area contributed by atoms with E-state index in [0.29, 0.717) is 6.54 Å². The molecule has 0 N–H and O–H groups in total. The highest BCUT2D eigenvalue weighted by Gasteiger charge is 2.28. The highest BCUT2D eigenvalue weighted by atomic mass is 32.1. The fourth-order valence-electron chi connectivity index (χ4n) is 2.17. The van der Waals surface area contributed by atoms with Gasteiger partial charge in [-0.1, -0.05) is 5.18 Å². The standard InChI is InChI=1S/C12H16N2O2S/c1-3-14(2)12(15)9-7-17-11-8(9)5-4-6-10(11)13-16/h7,10H,3-6H2,1-2H3. The molecule has 1 unspecified atom stereocenters. The van der Waals surface area contributed by atoms with E-state index >= 15 is 0 Å². The average Bonchev–Trinajstić information content (AvgIpc) is 2.80. The number of thiophene rings is 1. The molecule has 1 aliphatic rings. The summed E-state index contributed by atoms with van der Waals surface area (Å²) in [6.07, 6.45) is 2.65. The minimum Gasteiger partial charge on any atom is -0.342 e. The summed E-state index contributed by atoms with van der Waals surface area (Å²) in [6.45, 7) is 2.64. The van der Waals surface area contributed by atoms with Crippen molar-refractivity contribution in [1.29, 1.82) is 0 Å². The number of nitroso groups, excluding NO2 is 1. The molecule has 0 bridgehead atoms. The van der Waals surface area contributed by atoms with E-state index in [4.69, 9.17) is 0 Å². The van der Waals surface area contributed by atoms with Gasteiger partial charge >= 0.3 is 0 Å². The Labute approximate surface area is 105 Å². The SMILES string of the molecule is CCN(C)C(=O)c1csc2c1CCCC2N=O. The lowest BCUT2D eigenvalue weighted by atomic mass is 9.92. The van der Waals surface area contributed by atoms with Gasteiger partial charge in [0.15, 0.2) is 0 Å². The maximum atomic E-state index is 12.1. The molecule has 92 valence electrons. The number of carbonyl (C=O) groups is 1. The van der Waals surface area contributed by atoms with Crippen LogP contribution < -0.4 is 0 Å². The Bertz CT molecular complexity index is 442. The molecule has 17 heavy (non-hydrogen) atoms. The molecule has 1 heterocycles. The van der Waals surface area contributed by atoms with Crippen LogP contribution in [-0.2, 0) is 6.42 Å². The molecule has 1 atom stereocenters. The van der Waals surface area contributed by atoms with Crippen molar-refractivity contribution in [2.75, 3.05) is 13.6 Å². The van der Waals surface area contributed by atoms with Gasteiger partial charge in [-0.3, -0.25) is 4.79 Å². The molecule has 0 aliphatic heterocycles. The van der Waals surface area contributed by atoms with Gasteiger partial charge in [0.1, 0.15) is 6.04 Å². The summed E-state index contributed by atoms with van der Waals surface area (Å²) in [5.74, 6) is 0.0524. The first-order valence-corrected chi connectivity index (χ1v) is 6.75. The quantitative estimate of drug-likeness (QED) is 0.776. The fourth-order valence-corrected chi connectivity index (χ4v) is 3.33. The van der Waals surface area contributed by atoms with Crippen molar-refractivity contribution in [2.24, 2.45) is 5.18 Å². The third-order valence-corrected chi connectivity index (χ3v) is 4.44. The lowest BCUT2D eigenvalue weighted by Crippen LogP contribution is -2.27. The normalized spacial score (nSPS) is 18.6. The number of hydrogen-bond acceptors (Lipinski definition) is 4. The van der Waals surface area contributed by atoms with Crippen molar-refractivity contribution in [3.63, 3.8) is 0 Å². The van der Waals surface area contributed by atoms with Crippen molar-refractivity contribution in [2.45, 2.75) is 32.2 Å². The number of amides is 1. The molecule has 2 rings (SSSR count). The van der Waals surface area contributed by atoms with Crippen LogP contribution in [0.25, 0.3) is 0 Å². The van der Waals surface area contributed by atoms with Crippen LogP contribution in [0.2, 0.25) is 0 Å². The Hall–Kier alpha value is -1.23. The van der Waals surface area contributed by atoms with E-state index in [1.807, 2.05) is 12.3 Å². The number of nitrogens with zero attached hydrogens (tertiary/aromatic N) is 2. The fraction of sp³-hybridized carbons (Fsp3) is 0.583. The second kappa shape index (κ2) is 4.96. The average molecular weight is 252 g/mol. The third-order valence-electron chi connectivity index (χ3n) is 3.31. The molecular formula is C12H16N2O2S. The Morgan fingerprint density at radius 2 is 2.41 bits per heavy atom. The van der Waals surface area contributed by atoms with Gasteiger partial charge in [-0.25, -0.2) is 0 Å². The monoisotopic (exact) mass is 252 g/mol. The Balaban J connectivity index is 2.35. The van der Waals surface area contributed by atoms with E-state index in [-0.39, 0.29) is 11.9 Å². The molecule has 1 aromatic rings. The first-order valence-electron chi connectivity index (χ1n) is 5.87. The molecule has 5 heteroatoms. The minimum atomic E-state index is -0.239. The van der Waals surface area contributed by atoms with Gasteiger partial charge in [0.2, 0.25) is 0 Å². The number of fused-ring (bicyclic) bond motifs is 1. The summed E-state index contributed by atoms with van der Waals surface area (Å²) in [5.41, 5.74) is 1.82. The summed E-state index contributed by atoms with van der Waals surface area (Å²) in [7, 11) is 1.80. The van der Waals surface area contributed by atoms with Crippen LogP contribution in [-0.4, -0.2) is 24.4 Å². The zero-order chi connectivity index (χ0) is 12.4. The second-order valence-corrected chi connectivity index (χ2v) is 5.24. The first kappa shape index (κ1) is 12.2. The van der Waals surface area contributed by atoms with Crippen LogP contribution in [0.15, 0.2) is 10.6 Å². The van der Waals surface area contributed by atoms with E-state index in [2.05, 4.69) is 5.18 Å². The molecule has 0 aromatic carbocycles. The van der Waals surface area contributed by atoms with Gasteiger partial charge in [-0.05, 0) is 31.7 Å². The van der Waals surface area contributed by atoms with Crippen molar-refractivity contribution in [3.8, 4) is 0 Å². The topological polar surface area (TPSA) is 49.7 Å². The second-order valence-electron chi connectivity index (χ2n) is 4.32. The summed E-state index contributed by atoms with van der Waals surface area (Å²) in [6, 6.07) is -0.239. The minimum absolute atomic E-state index is 0.0524. The molecule has 0 saturated carbocycles. The number of hydrogen-bond donors (Lipinski definition) is 0. The maximum absolute atomic E-state index is 12.1. The lowest BCUT2D eigenvalue weighted by Gasteiger charge is -2.19. The largest absolute Gasteiger partial charge is 0.342 e. The van der Waals surface area contributed by atoms with Crippen LogP contribution >= 0.6 is 11.3 Å². The summed E-state index contributed by atoms with van der Waals surface area (Å²) in [4.78, 5) is 25.6. The van der Waals surface area contributed by atoms with Crippen LogP contribution in [0.5, 0.6) is 0 Å². The predicted octanol–water partition coefficient (Wildman–Crippen LogP) is 2.98. The highest BCUT2D eigenvalue weighted by molar-refractivity contribution is 7.10. The zero-order valence-electron chi connectivity index (χ0n) is 10.1. The maximum Gasteiger partial charge on any atom is 0.254 e. The Morgan fingerprint density at radius 1 is 1.65 bits per heavy atom. The molecular weight excluding hydrogens is 236 g/mol. The van der Waals surface area contributed by atoms with E-state index < -0.39 is 0 Å². The van der Waals surface area contributed by atoms with Crippen molar-refractivity contribution in [3.05, 3.63) is 26.3 Å². The lowest BCUT2D eigenvalue weighted by molar-refractivity contribution is 0.0801. The molecule has 1 aromatic heterocycles. The Kier molecular flexibility index (Phi) is 3.57. The van der Waals surface area contributed by atoms with E-state index in [1.165, 1.54) is 11.3 Å². The predicted molar refractivity (Wildman–Crippen MR) is 68.4 cm³/mol. The Morgan fingerprint density at radius 3 is 3.06 bits per heavy atom. The highest BCUT2D eigenvalue weighted by Crippen LogP contribution is 2.38. The van der Waals surface area contributed by atoms with Crippen LogP contribution in [0, 0.1) is 4.91 Å². The molecule has 0 spiro atoms. The number of carbonyl (C=O) groups excluding carboxylic acids is 1. The van der Waals surface area contributed by atoms with E-state index in [0.717, 1.165) is 35.3 Å². The van der Waals surface area contributed by atoms with Crippen molar-refractivity contribution < 1.29 is 4.79 Å². The van der Waals surface area contributed by atoms with Crippen LogP contribution in [0.4, 0.5) is 0 Å². The van der Waals surface area contributed by atoms with Crippen LogP contribution in [0.1, 0.15) is 46.6 Å². The number of rotatable bonds is 3. The summed E-state index contributed by atoms with van der Waals surface area (Å²) < 4.78 is 0.